The Morgan fingerprint density at radius 2 is 2.24 bits per heavy atom. The number of hydrogen-bond acceptors (Lipinski definition) is 4. The number of nitrogens with one attached hydrogen (secondary N) is 1. The zero-order valence-electron chi connectivity index (χ0n) is 9.97. The zero-order chi connectivity index (χ0) is 13.1. The highest BCUT2D eigenvalue weighted by molar-refractivity contribution is 5.80. The Morgan fingerprint density at radius 3 is 2.65 bits per heavy atom. The van der Waals surface area contributed by atoms with Crippen molar-refractivity contribution in [3.05, 3.63) is 29.8 Å². The van der Waals surface area contributed by atoms with E-state index >= 15 is 0 Å². The Bertz CT molecular complexity index is 402. The Kier molecular flexibility index (Phi) is 4.09. The number of phenolic OH excluding ortho intramolecular Hbond substituents is 1. The minimum Gasteiger partial charge on any atom is -0.508 e. The fraction of sp³-hybridized carbons (Fsp3) is 0.417. The normalized spacial score (nSPS) is 16.2. The highest BCUT2D eigenvalue weighted by Crippen LogP contribution is 2.32. The van der Waals surface area contributed by atoms with Gasteiger partial charge in [-0.2, -0.15) is 0 Å². The molecule has 0 amide bonds. The Morgan fingerprint density at radius 1 is 1.59 bits per heavy atom. The molecule has 2 unspecified atom stereocenters. The van der Waals surface area contributed by atoms with Crippen molar-refractivity contribution in [1.29, 1.82) is 0 Å². The summed E-state index contributed by atoms with van der Waals surface area (Å²) >= 11 is 0. The number of carboxylic acid groups (broad SMARTS) is 1. The molecule has 5 heteroatoms. The second-order valence-electron chi connectivity index (χ2n) is 4.09. The van der Waals surface area contributed by atoms with E-state index in [-0.39, 0.29) is 11.7 Å². The van der Waals surface area contributed by atoms with Crippen molar-refractivity contribution in [2.75, 3.05) is 0 Å². The summed E-state index contributed by atoms with van der Waals surface area (Å²) in [7, 11) is 0. The largest absolute Gasteiger partial charge is 0.508 e. The third kappa shape index (κ3) is 2.40. The van der Waals surface area contributed by atoms with Crippen LogP contribution in [0.4, 0.5) is 0 Å². The molecular weight excluding hydrogens is 220 g/mol. The lowest BCUT2D eigenvalue weighted by atomic mass is 9.79. The van der Waals surface area contributed by atoms with Gasteiger partial charge in [0.2, 0.25) is 0 Å². The predicted molar refractivity (Wildman–Crippen MR) is 64.5 cm³/mol. The SMILES string of the molecule is CCC(NN)(C(=O)O)C(C)c1cccc(O)c1. The van der Waals surface area contributed by atoms with Gasteiger partial charge >= 0.3 is 5.97 Å². The van der Waals surface area contributed by atoms with Crippen molar-refractivity contribution in [2.45, 2.75) is 31.7 Å². The van der Waals surface area contributed by atoms with Crippen LogP contribution in [0.25, 0.3) is 0 Å². The molecule has 0 radical (unpaired) electrons. The summed E-state index contributed by atoms with van der Waals surface area (Å²) in [5.41, 5.74) is 1.90. The van der Waals surface area contributed by atoms with Gasteiger partial charge in [0.25, 0.3) is 0 Å². The van der Waals surface area contributed by atoms with Crippen LogP contribution in [0.15, 0.2) is 24.3 Å². The van der Waals surface area contributed by atoms with Crippen LogP contribution in [-0.2, 0) is 4.79 Å². The first-order chi connectivity index (χ1) is 7.97. The molecule has 0 heterocycles. The molecule has 0 aliphatic heterocycles. The summed E-state index contributed by atoms with van der Waals surface area (Å²) in [6, 6.07) is 6.55. The number of phenols is 1. The minimum atomic E-state index is -1.23. The number of aliphatic carboxylic acids is 1. The number of hydrazine groups is 1. The van der Waals surface area contributed by atoms with E-state index in [1.807, 2.05) is 0 Å². The van der Waals surface area contributed by atoms with Gasteiger partial charge in [0.05, 0.1) is 0 Å². The number of rotatable bonds is 5. The van der Waals surface area contributed by atoms with Crippen LogP contribution in [0.2, 0.25) is 0 Å². The monoisotopic (exact) mass is 238 g/mol. The second kappa shape index (κ2) is 5.16. The van der Waals surface area contributed by atoms with E-state index in [1.165, 1.54) is 0 Å². The maximum Gasteiger partial charge on any atom is 0.325 e. The molecule has 0 saturated heterocycles. The molecule has 0 aliphatic carbocycles. The molecule has 0 fully saturated rings. The van der Waals surface area contributed by atoms with Crippen LogP contribution in [0, 0.1) is 0 Å². The molecule has 94 valence electrons. The first kappa shape index (κ1) is 13.5. The molecule has 5 nitrogen and oxygen atoms in total. The van der Waals surface area contributed by atoms with Gasteiger partial charge < -0.3 is 10.2 Å². The number of aromatic hydroxyl groups is 1. The van der Waals surface area contributed by atoms with Gasteiger partial charge in [0, 0.05) is 5.92 Å². The Balaban J connectivity index is 3.16. The fourth-order valence-corrected chi connectivity index (χ4v) is 2.01. The highest BCUT2D eigenvalue weighted by Gasteiger charge is 2.42. The third-order valence-corrected chi connectivity index (χ3v) is 3.31. The molecule has 5 N–H and O–H groups in total. The maximum absolute atomic E-state index is 11.4. The second-order valence-corrected chi connectivity index (χ2v) is 4.09. The smallest absolute Gasteiger partial charge is 0.325 e. The van der Waals surface area contributed by atoms with Gasteiger partial charge in [0.15, 0.2) is 0 Å². The summed E-state index contributed by atoms with van der Waals surface area (Å²) in [5, 5.41) is 18.7. The third-order valence-electron chi connectivity index (χ3n) is 3.31. The Hall–Kier alpha value is -1.59. The van der Waals surface area contributed by atoms with Gasteiger partial charge in [0.1, 0.15) is 11.3 Å². The predicted octanol–water partition coefficient (Wildman–Crippen LogP) is 1.19. The van der Waals surface area contributed by atoms with Gasteiger partial charge in [-0.1, -0.05) is 26.0 Å². The summed E-state index contributed by atoms with van der Waals surface area (Å²) in [6.07, 6.45) is 0.343. The lowest BCUT2D eigenvalue weighted by Gasteiger charge is -2.33. The molecule has 0 saturated carbocycles. The molecule has 0 aliphatic rings. The maximum atomic E-state index is 11.4. The molecule has 1 aromatic carbocycles. The van der Waals surface area contributed by atoms with Crippen molar-refractivity contribution in [1.82, 2.24) is 5.43 Å². The van der Waals surface area contributed by atoms with Crippen molar-refractivity contribution in [3.8, 4) is 5.75 Å². The minimum absolute atomic E-state index is 0.113. The molecule has 17 heavy (non-hydrogen) atoms. The molecular formula is C12H18N2O3. The zero-order valence-corrected chi connectivity index (χ0v) is 9.97. The van der Waals surface area contributed by atoms with E-state index in [1.54, 1.807) is 38.1 Å². The van der Waals surface area contributed by atoms with Crippen molar-refractivity contribution < 1.29 is 15.0 Å². The van der Waals surface area contributed by atoms with E-state index in [0.29, 0.717) is 6.42 Å². The fourth-order valence-electron chi connectivity index (χ4n) is 2.01. The van der Waals surface area contributed by atoms with E-state index in [4.69, 9.17) is 5.84 Å². The van der Waals surface area contributed by atoms with Crippen LogP contribution in [0.3, 0.4) is 0 Å². The summed E-state index contributed by atoms with van der Waals surface area (Å²) in [5.74, 6) is 4.15. The summed E-state index contributed by atoms with van der Waals surface area (Å²) in [4.78, 5) is 11.4. The van der Waals surface area contributed by atoms with Crippen LogP contribution < -0.4 is 11.3 Å². The molecule has 2 atom stereocenters. The van der Waals surface area contributed by atoms with Gasteiger partial charge in [-0.05, 0) is 24.1 Å². The average Bonchev–Trinajstić information content (AvgIpc) is 2.30. The van der Waals surface area contributed by atoms with Crippen LogP contribution in [0.1, 0.15) is 31.7 Å². The van der Waals surface area contributed by atoms with Gasteiger partial charge in [-0.25, -0.2) is 5.43 Å². The van der Waals surface area contributed by atoms with Crippen LogP contribution in [-0.4, -0.2) is 21.7 Å². The van der Waals surface area contributed by atoms with E-state index in [2.05, 4.69) is 5.43 Å². The quantitative estimate of drug-likeness (QED) is 0.456. The lowest BCUT2D eigenvalue weighted by molar-refractivity contribution is -0.146. The van der Waals surface area contributed by atoms with Crippen molar-refractivity contribution in [2.24, 2.45) is 5.84 Å². The molecule has 0 bridgehead atoms. The Labute approximate surface area is 100 Å². The summed E-state index contributed by atoms with van der Waals surface area (Å²) < 4.78 is 0. The topological polar surface area (TPSA) is 95.6 Å². The number of carbonyl (C=O) groups is 1. The van der Waals surface area contributed by atoms with E-state index < -0.39 is 11.5 Å². The molecule has 1 rings (SSSR count). The van der Waals surface area contributed by atoms with E-state index in [0.717, 1.165) is 5.56 Å². The van der Waals surface area contributed by atoms with E-state index in [9.17, 15) is 15.0 Å². The molecule has 0 spiro atoms. The summed E-state index contributed by atoms with van der Waals surface area (Å²) in [6.45, 7) is 3.53. The number of hydrogen-bond donors (Lipinski definition) is 4. The lowest BCUT2D eigenvalue weighted by Crippen LogP contribution is -2.58. The number of carboxylic acids is 1. The number of nitrogens with two attached hydrogens (primary N) is 1. The van der Waals surface area contributed by atoms with Crippen molar-refractivity contribution in [3.63, 3.8) is 0 Å². The molecule has 1 aromatic rings. The highest BCUT2D eigenvalue weighted by atomic mass is 16.4. The first-order valence-electron chi connectivity index (χ1n) is 5.48. The number of benzene rings is 1. The van der Waals surface area contributed by atoms with Gasteiger partial charge in [-0.15, -0.1) is 0 Å². The average molecular weight is 238 g/mol. The van der Waals surface area contributed by atoms with Crippen LogP contribution >= 0.6 is 0 Å². The van der Waals surface area contributed by atoms with Gasteiger partial charge in [-0.3, -0.25) is 10.6 Å². The first-order valence-corrected chi connectivity index (χ1v) is 5.48. The van der Waals surface area contributed by atoms with Crippen molar-refractivity contribution >= 4 is 5.97 Å². The standard InChI is InChI=1S/C12H18N2O3/c1-3-12(14-13,11(16)17)8(2)9-5-4-6-10(15)7-9/h4-8,14-15H,3,13H2,1-2H3,(H,16,17). The molecule has 0 aromatic heterocycles. The van der Waals surface area contributed by atoms with Crippen LogP contribution in [0.5, 0.6) is 5.75 Å².